The molecule has 2 heterocycles. The Balaban J connectivity index is 2.33. The maximum Gasteiger partial charge on any atom is 0.338 e. The average Bonchev–Trinajstić information content (AvgIpc) is 2.89. The van der Waals surface area contributed by atoms with Crippen molar-refractivity contribution in [2.24, 2.45) is 0 Å². The summed E-state index contributed by atoms with van der Waals surface area (Å²) < 4.78 is 19.3. The molecule has 2 rings (SSSR count). The Hall–Kier alpha value is -2.37. The lowest BCUT2D eigenvalue weighted by Crippen LogP contribution is -2.24. The molecule has 0 aliphatic rings. The van der Waals surface area contributed by atoms with Gasteiger partial charge in [0.1, 0.15) is 11.3 Å². The van der Waals surface area contributed by atoms with Crippen LogP contribution < -0.4 is 4.90 Å². The maximum atomic E-state index is 14.1. The van der Waals surface area contributed by atoms with Gasteiger partial charge in [-0.05, 0) is 25.1 Å². The fourth-order valence-electron chi connectivity index (χ4n) is 1.75. The van der Waals surface area contributed by atoms with E-state index in [2.05, 4.69) is 4.98 Å². The first kappa shape index (κ1) is 13.1. The van der Waals surface area contributed by atoms with E-state index < -0.39 is 11.8 Å². The van der Waals surface area contributed by atoms with Gasteiger partial charge in [-0.2, -0.15) is 0 Å². The Morgan fingerprint density at radius 3 is 2.89 bits per heavy atom. The van der Waals surface area contributed by atoms with Crippen molar-refractivity contribution >= 4 is 11.8 Å². The molecule has 2 aromatic rings. The summed E-state index contributed by atoms with van der Waals surface area (Å²) in [5.41, 5.74) is -0.386. The molecule has 100 valence electrons. The highest BCUT2D eigenvalue weighted by molar-refractivity contribution is 5.88. The van der Waals surface area contributed by atoms with Crippen molar-refractivity contribution in [3.8, 4) is 0 Å². The van der Waals surface area contributed by atoms with Crippen LogP contribution in [-0.4, -0.2) is 22.6 Å². The summed E-state index contributed by atoms with van der Waals surface area (Å²) in [5.74, 6) is -1.47. The number of aromatic nitrogens is 1. The van der Waals surface area contributed by atoms with Crippen molar-refractivity contribution in [3.63, 3.8) is 0 Å². The highest BCUT2D eigenvalue weighted by Crippen LogP contribution is 2.21. The van der Waals surface area contributed by atoms with Crippen LogP contribution in [0.4, 0.5) is 10.2 Å². The first-order chi connectivity index (χ1) is 9.13. The average molecular weight is 264 g/mol. The van der Waals surface area contributed by atoms with Crippen LogP contribution in [0.25, 0.3) is 0 Å². The number of carboxylic acid groups (broad SMARTS) is 1. The van der Waals surface area contributed by atoms with Crippen LogP contribution in [-0.2, 0) is 6.54 Å². The van der Waals surface area contributed by atoms with E-state index in [1.807, 2.05) is 6.92 Å². The second-order valence-electron chi connectivity index (χ2n) is 3.89. The number of pyridine rings is 1. The van der Waals surface area contributed by atoms with Crippen molar-refractivity contribution < 1.29 is 18.7 Å². The van der Waals surface area contributed by atoms with E-state index in [-0.39, 0.29) is 11.4 Å². The number of carboxylic acids is 1. The summed E-state index contributed by atoms with van der Waals surface area (Å²) >= 11 is 0. The number of nitrogens with zero attached hydrogens (tertiary/aromatic N) is 2. The van der Waals surface area contributed by atoms with E-state index in [4.69, 9.17) is 9.52 Å². The molecule has 0 atom stereocenters. The third kappa shape index (κ3) is 2.73. The summed E-state index contributed by atoms with van der Waals surface area (Å²) in [6.07, 6.45) is 2.81. The lowest BCUT2D eigenvalue weighted by atomic mass is 10.2. The van der Waals surface area contributed by atoms with E-state index in [0.29, 0.717) is 18.8 Å². The zero-order valence-corrected chi connectivity index (χ0v) is 10.3. The zero-order valence-electron chi connectivity index (χ0n) is 10.3. The molecule has 0 fully saturated rings. The quantitative estimate of drug-likeness (QED) is 0.898. The van der Waals surface area contributed by atoms with Crippen molar-refractivity contribution in [2.75, 3.05) is 11.4 Å². The van der Waals surface area contributed by atoms with Gasteiger partial charge in [0.05, 0.1) is 12.8 Å². The monoisotopic (exact) mass is 264 g/mol. The standard InChI is InChI=1S/C13H13FN2O3/c1-2-16(8-9-4-3-7-19-9)12-11(14)10(13(17)18)5-6-15-12/h3-7H,2,8H2,1H3,(H,17,18). The molecule has 0 saturated carbocycles. The van der Waals surface area contributed by atoms with Crippen LogP contribution in [0.2, 0.25) is 0 Å². The molecule has 2 aromatic heterocycles. The summed E-state index contributed by atoms with van der Waals surface area (Å²) in [5, 5.41) is 8.90. The minimum absolute atomic E-state index is 0.0128. The molecule has 6 heteroatoms. The third-order valence-electron chi connectivity index (χ3n) is 2.71. The van der Waals surface area contributed by atoms with E-state index in [1.54, 1.807) is 17.0 Å². The lowest BCUT2D eigenvalue weighted by molar-refractivity contribution is 0.0691. The molecule has 0 unspecified atom stereocenters. The van der Waals surface area contributed by atoms with Crippen LogP contribution in [0.3, 0.4) is 0 Å². The van der Waals surface area contributed by atoms with Crippen molar-refractivity contribution in [2.45, 2.75) is 13.5 Å². The van der Waals surface area contributed by atoms with Crippen LogP contribution in [0.15, 0.2) is 35.1 Å². The van der Waals surface area contributed by atoms with Crippen LogP contribution in [0, 0.1) is 5.82 Å². The summed E-state index contributed by atoms with van der Waals surface area (Å²) in [6, 6.07) is 4.64. The highest BCUT2D eigenvalue weighted by atomic mass is 19.1. The van der Waals surface area contributed by atoms with Crippen molar-refractivity contribution in [3.05, 3.63) is 47.8 Å². The van der Waals surface area contributed by atoms with Gasteiger partial charge in [-0.3, -0.25) is 0 Å². The summed E-state index contributed by atoms with van der Waals surface area (Å²) in [7, 11) is 0. The second kappa shape index (κ2) is 5.51. The van der Waals surface area contributed by atoms with Crippen molar-refractivity contribution in [1.82, 2.24) is 4.98 Å². The Morgan fingerprint density at radius 2 is 2.32 bits per heavy atom. The smallest absolute Gasteiger partial charge is 0.338 e. The van der Waals surface area contributed by atoms with E-state index in [9.17, 15) is 9.18 Å². The number of halogens is 1. The molecule has 19 heavy (non-hydrogen) atoms. The largest absolute Gasteiger partial charge is 0.478 e. The fraction of sp³-hybridized carbons (Fsp3) is 0.231. The van der Waals surface area contributed by atoms with Crippen molar-refractivity contribution in [1.29, 1.82) is 0 Å². The Kier molecular flexibility index (Phi) is 3.79. The molecule has 0 aromatic carbocycles. The SMILES string of the molecule is CCN(Cc1ccco1)c1nccc(C(=O)O)c1F. The molecule has 0 spiro atoms. The molecule has 0 bridgehead atoms. The molecular formula is C13H13FN2O3. The van der Waals surface area contributed by atoms with Gasteiger partial charge < -0.3 is 14.4 Å². The molecule has 0 aliphatic heterocycles. The fourth-order valence-corrected chi connectivity index (χ4v) is 1.75. The molecular weight excluding hydrogens is 251 g/mol. The number of hydrogen-bond acceptors (Lipinski definition) is 4. The first-order valence-electron chi connectivity index (χ1n) is 5.78. The molecule has 0 amide bonds. The van der Waals surface area contributed by atoms with E-state index in [0.717, 1.165) is 6.07 Å². The Morgan fingerprint density at radius 1 is 1.53 bits per heavy atom. The van der Waals surface area contributed by atoms with Gasteiger partial charge in [-0.15, -0.1) is 0 Å². The lowest BCUT2D eigenvalue weighted by Gasteiger charge is -2.21. The summed E-state index contributed by atoms with van der Waals surface area (Å²) in [6.45, 7) is 2.64. The van der Waals surface area contributed by atoms with Gasteiger partial charge in [0.2, 0.25) is 0 Å². The third-order valence-corrected chi connectivity index (χ3v) is 2.71. The maximum absolute atomic E-state index is 14.1. The topological polar surface area (TPSA) is 66.6 Å². The molecule has 0 radical (unpaired) electrons. The van der Waals surface area contributed by atoms with Crippen LogP contribution in [0.1, 0.15) is 23.0 Å². The number of rotatable bonds is 5. The van der Waals surface area contributed by atoms with Crippen LogP contribution in [0.5, 0.6) is 0 Å². The number of anilines is 1. The minimum Gasteiger partial charge on any atom is -0.478 e. The van der Waals surface area contributed by atoms with E-state index >= 15 is 0 Å². The highest BCUT2D eigenvalue weighted by Gasteiger charge is 2.19. The zero-order chi connectivity index (χ0) is 13.8. The van der Waals surface area contributed by atoms with Gasteiger partial charge >= 0.3 is 5.97 Å². The second-order valence-corrected chi connectivity index (χ2v) is 3.89. The van der Waals surface area contributed by atoms with Gasteiger partial charge in [0.25, 0.3) is 0 Å². The van der Waals surface area contributed by atoms with Gasteiger partial charge in [-0.1, -0.05) is 0 Å². The van der Waals surface area contributed by atoms with Gasteiger partial charge in [0, 0.05) is 12.7 Å². The predicted octanol–water partition coefficient (Wildman–Crippen LogP) is 2.54. The van der Waals surface area contributed by atoms with Gasteiger partial charge in [0.15, 0.2) is 11.6 Å². The summed E-state index contributed by atoms with van der Waals surface area (Å²) in [4.78, 5) is 16.4. The number of hydrogen-bond donors (Lipinski definition) is 1. The minimum atomic E-state index is -1.31. The number of carbonyl (C=O) groups is 1. The Bertz CT molecular complexity index is 569. The molecule has 5 nitrogen and oxygen atoms in total. The first-order valence-corrected chi connectivity index (χ1v) is 5.78. The van der Waals surface area contributed by atoms with Crippen LogP contribution >= 0.6 is 0 Å². The normalized spacial score (nSPS) is 10.4. The Labute approximate surface area is 109 Å². The molecule has 1 N–H and O–H groups in total. The number of furan rings is 1. The van der Waals surface area contributed by atoms with E-state index in [1.165, 1.54) is 12.5 Å². The predicted molar refractivity (Wildman–Crippen MR) is 66.6 cm³/mol. The molecule has 0 saturated heterocycles. The van der Waals surface area contributed by atoms with Gasteiger partial charge in [-0.25, -0.2) is 14.2 Å². The molecule has 0 aliphatic carbocycles. The number of aromatic carboxylic acids is 1.